The highest BCUT2D eigenvalue weighted by Crippen LogP contribution is 2.17. The van der Waals surface area contributed by atoms with Crippen LogP contribution in [0.1, 0.15) is 16.7 Å². The number of anilines is 1. The van der Waals surface area contributed by atoms with Gasteiger partial charge in [0.2, 0.25) is 0 Å². The number of aryl methyl sites for hydroxylation is 2. The SMILES string of the molecule is COCCN(Cc1ccccc1)C(=S)Nc1cc(C)ccc1C. The number of benzene rings is 2. The fraction of sp³-hybridized carbons (Fsp3) is 0.316. The Balaban J connectivity index is 2.11. The van der Waals surface area contributed by atoms with Crippen molar-refractivity contribution in [2.24, 2.45) is 0 Å². The van der Waals surface area contributed by atoms with Crippen molar-refractivity contribution < 1.29 is 4.74 Å². The van der Waals surface area contributed by atoms with Gasteiger partial charge in [-0.3, -0.25) is 0 Å². The van der Waals surface area contributed by atoms with E-state index in [-0.39, 0.29) is 0 Å². The van der Waals surface area contributed by atoms with Gasteiger partial charge in [-0.1, -0.05) is 42.5 Å². The number of ether oxygens (including phenoxy) is 1. The van der Waals surface area contributed by atoms with E-state index in [4.69, 9.17) is 17.0 Å². The first kappa shape index (κ1) is 17.4. The summed E-state index contributed by atoms with van der Waals surface area (Å²) in [4.78, 5) is 2.13. The Bertz CT molecular complexity index is 643. The van der Waals surface area contributed by atoms with Gasteiger partial charge in [-0.05, 0) is 48.8 Å². The standard InChI is InChI=1S/C19H24N2OS/c1-15-9-10-16(2)18(13-15)20-19(23)21(11-12-22-3)14-17-7-5-4-6-8-17/h4-10,13H,11-12,14H2,1-3H3,(H,20,23). The first-order valence-corrected chi connectivity index (χ1v) is 8.17. The van der Waals surface area contributed by atoms with Crippen LogP contribution in [0.2, 0.25) is 0 Å². The zero-order valence-electron chi connectivity index (χ0n) is 14.0. The second kappa shape index (κ2) is 8.65. The van der Waals surface area contributed by atoms with Gasteiger partial charge in [0.1, 0.15) is 0 Å². The monoisotopic (exact) mass is 328 g/mol. The quantitative estimate of drug-likeness (QED) is 0.805. The number of hydrogen-bond acceptors (Lipinski definition) is 2. The molecule has 1 N–H and O–H groups in total. The summed E-state index contributed by atoms with van der Waals surface area (Å²) in [5, 5.41) is 4.10. The number of nitrogens with zero attached hydrogens (tertiary/aromatic N) is 1. The molecule has 0 heterocycles. The molecule has 0 aromatic heterocycles. The number of methoxy groups -OCH3 is 1. The summed E-state index contributed by atoms with van der Waals surface area (Å²) >= 11 is 5.63. The van der Waals surface area contributed by atoms with Crippen molar-refractivity contribution in [3.8, 4) is 0 Å². The highest BCUT2D eigenvalue weighted by atomic mass is 32.1. The van der Waals surface area contributed by atoms with E-state index in [2.05, 4.69) is 54.4 Å². The molecule has 4 heteroatoms. The lowest BCUT2D eigenvalue weighted by Gasteiger charge is -2.26. The fourth-order valence-corrected chi connectivity index (χ4v) is 2.59. The number of rotatable bonds is 6. The molecule has 122 valence electrons. The maximum atomic E-state index is 5.63. The predicted molar refractivity (Wildman–Crippen MR) is 101 cm³/mol. The summed E-state index contributed by atoms with van der Waals surface area (Å²) in [7, 11) is 1.71. The third-order valence-electron chi connectivity index (χ3n) is 3.70. The zero-order valence-corrected chi connectivity index (χ0v) is 14.8. The van der Waals surface area contributed by atoms with E-state index in [1.165, 1.54) is 16.7 Å². The van der Waals surface area contributed by atoms with E-state index in [0.717, 1.165) is 23.9 Å². The molecule has 0 aliphatic rings. The molecular weight excluding hydrogens is 304 g/mol. The summed E-state index contributed by atoms with van der Waals surface area (Å²) in [5.74, 6) is 0. The van der Waals surface area contributed by atoms with Crippen LogP contribution < -0.4 is 5.32 Å². The van der Waals surface area contributed by atoms with Gasteiger partial charge in [-0.25, -0.2) is 0 Å². The summed E-state index contributed by atoms with van der Waals surface area (Å²) < 4.78 is 5.22. The van der Waals surface area contributed by atoms with Crippen molar-refractivity contribution in [2.45, 2.75) is 20.4 Å². The van der Waals surface area contributed by atoms with Crippen LogP contribution >= 0.6 is 12.2 Å². The van der Waals surface area contributed by atoms with E-state index < -0.39 is 0 Å². The van der Waals surface area contributed by atoms with Crippen LogP contribution in [0.25, 0.3) is 0 Å². The van der Waals surface area contributed by atoms with Gasteiger partial charge in [0.15, 0.2) is 5.11 Å². The Morgan fingerprint density at radius 1 is 1.13 bits per heavy atom. The average molecular weight is 328 g/mol. The minimum absolute atomic E-state index is 0.640. The first-order valence-electron chi connectivity index (χ1n) is 7.76. The lowest BCUT2D eigenvalue weighted by atomic mass is 10.1. The van der Waals surface area contributed by atoms with E-state index >= 15 is 0 Å². The van der Waals surface area contributed by atoms with Gasteiger partial charge in [0.05, 0.1) is 6.61 Å². The maximum absolute atomic E-state index is 5.63. The summed E-state index contributed by atoms with van der Waals surface area (Å²) in [6, 6.07) is 16.7. The largest absolute Gasteiger partial charge is 0.383 e. The van der Waals surface area contributed by atoms with Gasteiger partial charge in [-0.2, -0.15) is 0 Å². The maximum Gasteiger partial charge on any atom is 0.173 e. The molecule has 2 rings (SSSR count). The van der Waals surface area contributed by atoms with E-state index in [9.17, 15) is 0 Å². The Kier molecular flexibility index (Phi) is 6.56. The minimum atomic E-state index is 0.640. The molecule has 0 bridgehead atoms. The fourth-order valence-electron chi connectivity index (χ4n) is 2.32. The molecule has 0 radical (unpaired) electrons. The highest BCUT2D eigenvalue weighted by molar-refractivity contribution is 7.80. The molecular formula is C19H24N2OS. The molecule has 0 spiro atoms. The van der Waals surface area contributed by atoms with Crippen molar-refractivity contribution in [1.29, 1.82) is 0 Å². The molecule has 0 aliphatic carbocycles. The van der Waals surface area contributed by atoms with Crippen molar-refractivity contribution >= 4 is 23.0 Å². The topological polar surface area (TPSA) is 24.5 Å². The van der Waals surface area contributed by atoms with E-state index in [1.54, 1.807) is 7.11 Å². The van der Waals surface area contributed by atoms with Crippen LogP contribution in [0.4, 0.5) is 5.69 Å². The number of nitrogens with one attached hydrogen (secondary N) is 1. The van der Waals surface area contributed by atoms with Crippen molar-refractivity contribution in [2.75, 3.05) is 25.6 Å². The van der Waals surface area contributed by atoms with E-state index in [1.807, 2.05) is 18.2 Å². The molecule has 3 nitrogen and oxygen atoms in total. The van der Waals surface area contributed by atoms with Crippen LogP contribution in [0.15, 0.2) is 48.5 Å². The van der Waals surface area contributed by atoms with Crippen molar-refractivity contribution in [1.82, 2.24) is 4.90 Å². The molecule has 0 fully saturated rings. The van der Waals surface area contributed by atoms with Crippen LogP contribution in [-0.2, 0) is 11.3 Å². The molecule has 0 saturated heterocycles. The molecule has 0 unspecified atom stereocenters. The normalized spacial score (nSPS) is 10.4. The van der Waals surface area contributed by atoms with Gasteiger partial charge < -0.3 is 15.0 Å². The molecule has 0 amide bonds. The first-order chi connectivity index (χ1) is 11.1. The van der Waals surface area contributed by atoms with Crippen molar-refractivity contribution in [3.63, 3.8) is 0 Å². The molecule has 0 aliphatic heterocycles. The van der Waals surface area contributed by atoms with Crippen molar-refractivity contribution in [3.05, 3.63) is 65.2 Å². The zero-order chi connectivity index (χ0) is 16.7. The van der Waals surface area contributed by atoms with E-state index in [0.29, 0.717) is 6.61 Å². The summed E-state index contributed by atoms with van der Waals surface area (Å²) in [5.41, 5.74) is 4.69. The van der Waals surface area contributed by atoms with Gasteiger partial charge in [-0.15, -0.1) is 0 Å². The summed E-state index contributed by atoms with van der Waals surface area (Å²) in [6.07, 6.45) is 0. The van der Waals surface area contributed by atoms with Crippen LogP contribution in [0.5, 0.6) is 0 Å². The lowest BCUT2D eigenvalue weighted by Crippen LogP contribution is -2.36. The molecule has 2 aromatic carbocycles. The highest BCUT2D eigenvalue weighted by Gasteiger charge is 2.11. The third-order valence-corrected chi connectivity index (χ3v) is 4.06. The van der Waals surface area contributed by atoms with Crippen LogP contribution in [0, 0.1) is 13.8 Å². The van der Waals surface area contributed by atoms with Gasteiger partial charge in [0.25, 0.3) is 0 Å². The second-order valence-electron chi connectivity index (χ2n) is 5.65. The number of hydrogen-bond donors (Lipinski definition) is 1. The molecule has 23 heavy (non-hydrogen) atoms. The number of thiocarbonyl (C=S) groups is 1. The van der Waals surface area contributed by atoms with Crippen LogP contribution in [-0.4, -0.2) is 30.3 Å². The molecule has 0 saturated carbocycles. The lowest BCUT2D eigenvalue weighted by molar-refractivity contribution is 0.175. The second-order valence-corrected chi connectivity index (χ2v) is 6.04. The Morgan fingerprint density at radius 2 is 1.87 bits per heavy atom. The Hall–Kier alpha value is -1.91. The van der Waals surface area contributed by atoms with Gasteiger partial charge in [0, 0.05) is 25.9 Å². The smallest absolute Gasteiger partial charge is 0.173 e. The average Bonchev–Trinajstić information content (AvgIpc) is 2.55. The molecule has 2 aromatic rings. The molecule has 0 atom stereocenters. The van der Waals surface area contributed by atoms with Crippen LogP contribution in [0.3, 0.4) is 0 Å². The Labute approximate surface area is 144 Å². The Morgan fingerprint density at radius 3 is 2.57 bits per heavy atom. The predicted octanol–water partition coefficient (Wildman–Crippen LogP) is 4.15. The van der Waals surface area contributed by atoms with Gasteiger partial charge >= 0.3 is 0 Å². The minimum Gasteiger partial charge on any atom is -0.383 e. The third kappa shape index (κ3) is 5.34. The summed E-state index contributed by atoms with van der Waals surface area (Å²) in [6.45, 7) is 6.33.